The van der Waals surface area contributed by atoms with Crippen molar-refractivity contribution in [1.29, 1.82) is 5.26 Å². The van der Waals surface area contributed by atoms with Gasteiger partial charge in [-0.2, -0.15) is 5.26 Å². The van der Waals surface area contributed by atoms with Gasteiger partial charge < -0.3 is 20.3 Å². The molecule has 0 aliphatic carbocycles. The molecule has 1 aromatic heterocycles. The van der Waals surface area contributed by atoms with Crippen molar-refractivity contribution in [2.24, 2.45) is 0 Å². The highest BCUT2D eigenvalue weighted by Crippen LogP contribution is 2.38. The lowest BCUT2D eigenvalue weighted by Crippen LogP contribution is -2.19. The van der Waals surface area contributed by atoms with Crippen LogP contribution in [0.1, 0.15) is 25.1 Å². The van der Waals surface area contributed by atoms with Crippen LogP contribution in [0.5, 0.6) is 11.5 Å². The number of nitrogens with two attached hydrogens (primary N) is 1. The van der Waals surface area contributed by atoms with Gasteiger partial charge in [-0.1, -0.05) is 0 Å². The molecule has 0 saturated carbocycles. The fraction of sp³-hybridized carbons (Fsp3) is 0.294. The maximum absolute atomic E-state index is 14.5. The van der Waals surface area contributed by atoms with Gasteiger partial charge in [0.05, 0.1) is 19.9 Å². The van der Waals surface area contributed by atoms with Gasteiger partial charge in [-0.25, -0.2) is 9.37 Å². The van der Waals surface area contributed by atoms with E-state index in [9.17, 15) is 14.8 Å². The third kappa shape index (κ3) is 3.09. The van der Waals surface area contributed by atoms with Crippen LogP contribution in [0.25, 0.3) is 11.1 Å². The Morgan fingerprint density at radius 1 is 1.17 bits per heavy atom. The molecule has 0 spiro atoms. The van der Waals surface area contributed by atoms with Crippen molar-refractivity contribution < 1.29 is 19.0 Å². The summed E-state index contributed by atoms with van der Waals surface area (Å²) in [5, 5.41) is 19.5. The van der Waals surface area contributed by atoms with E-state index in [1.807, 2.05) is 6.07 Å². The van der Waals surface area contributed by atoms with Crippen molar-refractivity contribution in [2.45, 2.75) is 19.4 Å². The normalized spacial score (nSPS) is 11.0. The number of benzene rings is 1. The lowest BCUT2D eigenvalue weighted by molar-refractivity contribution is 0.0740. The Balaban J connectivity index is 2.81. The van der Waals surface area contributed by atoms with Gasteiger partial charge in [0.15, 0.2) is 11.5 Å². The molecule has 0 radical (unpaired) electrons. The van der Waals surface area contributed by atoms with Crippen molar-refractivity contribution >= 4 is 5.82 Å². The average molecular weight is 331 g/mol. The summed E-state index contributed by atoms with van der Waals surface area (Å²) in [6, 6.07) is 5.95. The summed E-state index contributed by atoms with van der Waals surface area (Å²) in [4.78, 5) is 4.03. The second kappa shape index (κ2) is 6.34. The predicted molar refractivity (Wildman–Crippen MR) is 87.1 cm³/mol. The van der Waals surface area contributed by atoms with Crippen LogP contribution < -0.4 is 15.2 Å². The van der Waals surface area contributed by atoms with Crippen LogP contribution in [0.4, 0.5) is 10.2 Å². The summed E-state index contributed by atoms with van der Waals surface area (Å²) in [7, 11) is 2.82. The van der Waals surface area contributed by atoms with E-state index in [1.165, 1.54) is 40.2 Å². The number of aliphatic hydroxyl groups is 1. The number of pyridine rings is 1. The fourth-order valence-corrected chi connectivity index (χ4v) is 2.27. The summed E-state index contributed by atoms with van der Waals surface area (Å²) < 4.78 is 24.8. The maximum atomic E-state index is 14.5. The van der Waals surface area contributed by atoms with Gasteiger partial charge in [0, 0.05) is 17.2 Å². The molecule has 0 saturated heterocycles. The van der Waals surface area contributed by atoms with Crippen LogP contribution in [-0.4, -0.2) is 24.3 Å². The number of nitrogen functional groups attached to an aromatic ring is 1. The molecule has 0 unspecified atom stereocenters. The number of anilines is 1. The van der Waals surface area contributed by atoms with Crippen LogP contribution in [0.2, 0.25) is 0 Å². The standard InChI is InChI=1S/C17H18FN3O3/c1-17(2,22)15-6-9(11(8-19)16(20)21-15)10-5-13(23-3)14(24-4)7-12(10)18/h5-7,22H,1-4H3,(H2,20,21). The summed E-state index contributed by atoms with van der Waals surface area (Å²) in [5.74, 6) is -0.169. The first kappa shape index (κ1) is 17.5. The predicted octanol–water partition coefficient (Wildman–Crippen LogP) is 2.59. The molecule has 7 heteroatoms. The minimum Gasteiger partial charge on any atom is -0.493 e. The molecule has 0 atom stereocenters. The van der Waals surface area contributed by atoms with Crippen molar-refractivity contribution in [3.63, 3.8) is 0 Å². The van der Waals surface area contributed by atoms with Gasteiger partial charge in [-0.15, -0.1) is 0 Å². The number of nitriles is 1. The van der Waals surface area contributed by atoms with E-state index in [0.29, 0.717) is 5.75 Å². The first-order chi connectivity index (χ1) is 11.2. The molecule has 126 valence electrons. The molecule has 3 N–H and O–H groups in total. The van der Waals surface area contributed by atoms with Gasteiger partial charge in [-0.05, 0) is 26.0 Å². The summed E-state index contributed by atoms with van der Waals surface area (Å²) in [6.45, 7) is 3.05. The Hall–Kier alpha value is -2.85. The van der Waals surface area contributed by atoms with Crippen molar-refractivity contribution in [1.82, 2.24) is 4.98 Å². The van der Waals surface area contributed by atoms with Crippen LogP contribution in [-0.2, 0) is 5.60 Å². The number of aromatic nitrogens is 1. The molecular formula is C17H18FN3O3. The molecule has 0 bridgehead atoms. The van der Waals surface area contributed by atoms with Gasteiger partial charge in [0.1, 0.15) is 28.9 Å². The number of nitrogens with zero attached hydrogens (tertiary/aromatic N) is 2. The Labute approximate surface area is 139 Å². The Kier molecular flexibility index (Phi) is 4.62. The zero-order chi connectivity index (χ0) is 18.1. The summed E-state index contributed by atoms with van der Waals surface area (Å²) in [6.07, 6.45) is 0. The first-order valence-corrected chi connectivity index (χ1v) is 7.08. The van der Waals surface area contributed by atoms with Gasteiger partial charge >= 0.3 is 0 Å². The maximum Gasteiger partial charge on any atom is 0.163 e. The molecular weight excluding hydrogens is 313 g/mol. The molecule has 6 nitrogen and oxygen atoms in total. The smallest absolute Gasteiger partial charge is 0.163 e. The monoisotopic (exact) mass is 331 g/mol. The van der Waals surface area contributed by atoms with E-state index in [2.05, 4.69) is 4.98 Å². The van der Waals surface area contributed by atoms with E-state index in [0.717, 1.165) is 6.07 Å². The second-order valence-electron chi connectivity index (χ2n) is 5.67. The number of halogens is 1. The third-order valence-electron chi connectivity index (χ3n) is 3.55. The fourth-order valence-electron chi connectivity index (χ4n) is 2.27. The lowest BCUT2D eigenvalue weighted by Gasteiger charge is -2.20. The molecule has 24 heavy (non-hydrogen) atoms. The lowest BCUT2D eigenvalue weighted by atomic mass is 9.95. The van der Waals surface area contributed by atoms with E-state index in [4.69, 9.17) is 15.2 Å². The first-order valence-electron chi connectivity index (χ1n) is 7.08. The van der Waals surface area contributed by atoms with Crippen LogP contribution in [0, 0.1) is 17.1 Å². The highest BCUT2D eigenvalue weighted by Gasteiger charge is 2.24. The number of hydrogen-bond donors (Lipinski definition) is 2. The molecule has 0 aliphatic heterocycles. The van der Waals surface area contributed by atoms with Crippen LogP contribution in [0.3, 0.4) is 0 Å². The molecule has 1 aromatic carbocycles. The van der Waals surface area contributed by atoms with E-state index < -0.39 is 11.4 Å². The third-order valence-corrected chi connectivity index (χ3v) is 3.55. The zero-order valence-corrected chi connectivity index (χ0v) is 13.8. The van der Waals surface area contributed by atoms with Crippen LogP contribution >= 0.6 is 0 Å². The Morgan fingerprint density at radius 3 is 2.25 bits per heavy atom. The van der Waals surface area contributed by atoms with Gasteiger partial charge in [-0.3, -0.25) is 0 Å². The van der Waals surface area contributed by atoms with E-state index >= 15 is 0 Å². The van der Waals surface area contributed by atoms with Gasteiger partial charge in [0.2, 0.25) is 0 Å². The number of methoxy groups -OCH3 is 2. The molecule has 0 aliphatic rings. The highest BCUT2D eigenvalue weighted by molar-refractivity contribution is 5.78. The highest BCUT2D eigenvalue weighted by atomic mass is 19.1. The quantitative estimate of drug-likeness (QED) is 0.893. The van der Waals surface area contributed by atoms with Crippen molar-refractivity contribution in [3.05, 3.63) is 35.3 Å². The largest absolute Gasteiger partial charge is 0.493 e. The number of rotatable bonds is 4. The molecule has 1 heterocycles. The minimum atomic E-state index is -1.30. The second-order valence-corrected chi connectivity index (χ2v) is 5.67. The van der Waals surface area contributed by atoms with Crippen molar-refractivity contribution in [2.75, 3.05) is 20.0 Å². The van der Waals surface area contributed by atoms with E-state index in [-0.39, 0.29) is 34.0 Å². The topological polar surface area (TPSA) is 101 Å². The Bertz CT molecular complexity index is 823. The molecule has 2 rings (SSSR count). The average Bonchev–Trinajstić information content (AvgIpc) is 2.52. The minimum absolute atomic E-state index is 0.0223. The van der Waals surface area contributed by atoms with Crippen LogP contribution in [0.15, 0.2) is 18.2 Å². The molecule has 2 aromatic rings. The van der Waals surface area contributed by atoms with Crippen molar-refractivity contribution in [3.8, 4) is 28.7 Å². The van der Waals surface area contributed by atoms with E-state index in [1.54, 1.807) is 0 Å². The summed E-state index contributed by atoms with van der Waals surface area (Å²) >= 11 is 0. The SMILES string of the molecule is COc1cc(F)c(-c2cc(C(C)(C)O)nc(N)c2C#N)cc1OC. The number of ether oxygens (including phenoxy) is 2. The zero-order valence-electron chi connectivity index (χ0n) is 13.8. The molecule has 0 fully saturated rings. The Morgan fingerprint density at radius 2 is 1.75 bits per heavy atom. The summed E-state index contributed by atoms with van der Waals surface area (Å²) in [5.41, 5.74) is 5.09. The molecule has 0 amide bonds. The number of hydrogen-bond acceptors (Lipinski definition) is 6. The van der Waals surface area contributed by atoms with Gasteiger partial charge in [0.25, 0.3) is 0 Å².